The summed E-state index contributed by atoms with van der Waals surface area (Å²) in [5, 5.41) is 2.44. The van der Waals surface area contributed by atoms with E-state index in [0.717, 1.165) is 43.2 Å². The van der Waals surface area contributed by atoms with Crippen molar-refractivity contribution in [3.63, 3.8) is 0 Å². The minimum Gasteiger partial charge on any atom is -0.461 e. The van der Waals surface area contributed by atoms with Gasteiger partial charge >= 0.3 is 6.01 Å². The molecule has 0 bridgehead atoms. The Hall–Kier alpha value is -4.20. The maximum Gasteiger partial charge on any atom is 0.318 e. The van der Waals surface area contributed by atoms with Crippen LogP contribution in [0, 0.1) is 6.57 Å². The topological polar surface area (TPSA) is 78.6 Å². The van der Waals surface area contributed by atoms with Crippen molar-refractivity contribution in [3.05, 3.63) is 77.8 Å². The van der Waals surface area contributed by atoms with Gasteiger partial charge in [0.25, 0.3) is 0 Å². The number of carbonyl (C=O) groups is 1. The van der Waals surface area contributed by atoms with E-state index < -0.39 is 0 Å². The summed E-state index contributed by atoms with van der Waals surface area (Å²) < 4.78 is 12.5. The maximum absolute atomic E-state index is 12.6. The van der Waals surface area contributed by atoms with E-state index in [1.807, 2.05) is 0 Å². The molecule has 3 aliphatic heterocycles. The molecule has 3 aromatic rings. The van der Waals surface area contributed by atoms with Crippen molar-refractivity contribution in [2.24, 2.45) is 0 Å². The lowest BCUT2D eigenvalue weighted by Gasteiger charge is -2.41. The Morgan fingerprint density at radius 2 is 1.98 bits per heavy atom. The average molecular weight is 594 g/mol. The third-order valence-electron chi connectivity index (χ3n) is 9.77. The third-order valence-corrected chi connectivity index (χ3v) is 9.77. The molecule has 2 aromatic carbocycles. The molecule has 4 aliphatic rings. The van der Waals surface area contributed by atoms with Crippen molar-refractivity contribution < 1.29 is 14.3 Å². The summed E-state index contributed by atoms with van der Waals surface area (Å²) in [7, 11) is 2.17. The van der Waals surface area contributed by atoms with Crippen LogP contribution < -0.4 is 14.5 Å². The number of hydrogen-bond donors (Lipinski definition) is 0. The van der Waals surface area contributed by atoms with Crippen LogP contribution in [0.15, 0.2) is 55.1 Å². The molecule has 44 heavy (non-hydrogen) atoms. The standard InChI is InChI=1S/C34H39N7O3/c1-4-31(42)41-17-16-40(19-25(41)18-35-2)32-28-12-15-39(30-11-7-9-24-8-5-6-10-27(24)30)21-29(28)36-33(37-32)43-22-26-20-38(3)34(13-14-34)23-44-26/h4-11,25-26H,1,12-23H2,3H3/t25?,26-/m1/s1. The minimum absolute atomic E-state index is 0.0435. The first-order valence-electron chi connectivity index (χ1n) is 15.6. The smallest absolute Gasteiger partial charge is 0.318 e. The van der Waals surface area contributed by atoms with Gasteiger partial charge in [-0.3, -0.25) is 9.69 Å². The van der Waals surface area contributed by atoms with Crippen LogP contribution in [-0.4, -0.2) is 103 Å². The lowest BCUT2D eigenvalue weighted by molar-refractivity contribution is -0.128. The van der Waals surface area contributed by atoms with E-state index in [0.29, 0.717) is 38.8 Å². The molecule has 2 saturated heterocycles. The van der Waals surface area contributed by atoms with Crippen LogP contribution in [0.3, 0.4) is 0 Å². The van der Waals surface area contributed by atoms with Crippen LogP contribution in [0.25, 0.3) is 15.6 Å². The van der Waals surface area contributed by atoms with E-state index in [1.165, 1.54) is 35.4 Å². The Morgan fingerprint density at radius 1 is 1.14 bits per heavy atom. The van der Waals surface area contributed by atoms with E-state index in [4.69, 9.17) is 26.0 Å². The zero-order chi connectivity index (χ0) is 30.3. The van der Waals surface area contributed by atoms with E-state index in [1.54, 1.807) is 4.90 Å². The first kappa shape index (κ1) is 28.6. The molecule has 1 unspecified atom stereocenters. The number of nitrogens with zero attached hydrogens (tertiary/aromatic N) is 7. The molecule has 1 amide bonds. The summed E-state index contributed by atoms with van der Waals surface area (Å²) >= 11 is 0. The average Bonchev–Trinajstić information content (AvgIpc) is 3.85. The third kappa shape index (κ3) is 5.35. The van der Waals surface area contributed by atoms with Gasteiger partial charge in [-0.15, -0.1) is 0 Å². The van der Waals surface area contributed by atoms with Gasteiger partial charge in [0, 0.05) is 54.9 Å². The highest BCUT2D eigenvalue weighted by molar-refractivity contribution is 5.94. The lowest BCUT2D eigenvalue weighted by Crippen LogP contribution is -2.56. The molecule has 1 aromatic heterocycles. The second-order valence-electron chi connectivity index (χ2n) is 12.5. The number of hydrogen-bond acceptors (Lipinski definition) is 8. The number of rotatable bonds is 7. The number of amides is 1. The second-order valence-corrected chi connectivity index (χ2v) is 12.5. The predicted octanol–water partition coefficient (Wildman–Crippen LogP) is 3.56. The predicted molar refractivity (Wildman–Crippen MR) is 170 cm³/mol. The fraction of sp³-hybridized carbons (Fsp3) is 0.471. The van der Waals surface area contributed by atoms with Crippen molar-refractivity contribution in [1.29, 1.82) is 0 Å². The number of carbonyl (C=O) groups excluding carboxylic acids is 1. The molecule has 2 atom stereocenters. The van der Waals surface area contributed by atoms with Crippen LogP contribution in [0.4, 0.5) is 11.5 Å². The Morgan fingerprint density at radius 3 is 2.77 bits per heavy atom. The first-order valence-corrected chi connectivity index (χ1v) is 15.6. The van der Waals surface area contributed by atoms with E-state index in [-0.39, 0.29) is 30.1 Å². The molecule has 7 rings (SSSR count). The Kier molecular flexibility index (Phi) is 7.60. The van der Waals surface area contributed by atoms with E-state index >= 15 is 0 Å². The summed E-state index contributed by atoms with van der Waals surface area (Å²) in [6.07, 6.45) is 4.47. The molecule has 10 heteroatoms. The molecule has 10 nitrogen and oxygen atoms in total. The molecule has 1 saturated carbocycles. The molecular weight excluding hydrogens is 554 g/mol. The molecule has 1 spiro atoms. The molecule has 0 radical (unpaired) electrons. The van der Waals surface area contributed by atoms with Crippen LogP contribution in [0.5, 0.6) is 6.01 Å². The van der Waals surface area contributed by atoms with Crippen LogP contribution in [0.1, 0.15) is 24.1 Å². The first-order chi connectivity index (χ1) is 21.5. The Labute approximate surface area is 258 Å². The van der Waals surface area contributed by atoms with Gasteiger partial charge in [0.2, 0.25) is 12.5 Å². The van der Waals surface area contributed by atoms with Gasteiger partial charge in [-0.2, -0.15) is 9.97 Å². The lowest BCUT2D eigenvalue weighted by atomic mass is 10.0. The van der Waals surface area contributed by atoms with Crippen molar-refractivity contribution in [1.82, 2.24) is 19.8 Å². The molecule has 4 heterocycles. The summed E-state index contributed by atoms with van der Waals surface area (Å²) in [4.78, 5) is 35.0. The summed E-state index contributed by atoms with van der Waals surface area (Å²) in [6, 6.07) is 15.0. The minimum atomic E-state index is -0.238. The number of aromatic nitrogens is 2. The van der Waals surface area contributed by atoms with Gasteiger partial charge in [0.1, 0.15) is 24.6 Å². The van der Waals surface area contributed by atoms with Crippen LogP contribution in [-0.2, 0) is 22.5 Å². The van der Waals surface area contributed by atoms with Crippen molar-refractivity contribution in [2.45, 2.75) is 43.5 Å². The zero-order valence-electron chi connectivity index (χ0n) is 25.3. The van der Waals surface area contributed by atoms with Crippen molar-refractivity contribution in [2.75, 3.05) is 69.3 Å². The molecule has 1 aliphatic carbocycles. The van der Waals surface area contributed by atoms with E-state index in [9.17, 15) is 4.79 Å². The largest absolute Gasteiger partial charge is 0.461 e. The molecular formula is C34H39N7O3. The van der Waals surface area contributed by atoms with Crippen molar-refractivity contribution in [3.8, 4) is 6.01 Å². The van der Waals surface area contributed by atoms with Crippen molar-refractivity contribution >= 4 is 28.2 Å². The normalized spacial score (nSPS) is 22.9. The summed E-state index contributed by atoms with van der Waals surface area (Å²) in [6.45, 7) is 16.5. The van der Waals surface area contributed by atoms with E-state index in [2.05, 4.69) is 75.6 Å². The summed E-state index contributed by atoms with van der Waals surface area (Å²) in [5.41, 5.74) is 3.49. The Bertz CT molecular complexity index is 1610. The van der Waals surface area contributed by atoms with Crippen LogP contribution in [0.2, 0.25) is 0 Å². The monoisotopic (exact) mass is 593 g/mol. The zero-order valence-corrected chi connectivity index (χ0v) is 25.3. The van der Waals surface area contributed by atoms with Gasteiger partial charge in [-0.1, -0.05) is 43.0 Å². The quantitative estimate of drug-likeness (QED) is 0.304. The number of benzene rings is 2. The summed E-state index contributed by atoms with van der Waals surface area (Å²) in [5.74, 6) is 0.713. The van der Waals surface area contributed by atoms with Crippen LogP contribution >= 0.6 is 0 Å². The van der Waals surface area contributed by atoms with Gasteiger partial charge in [-0.05, 0) is 43.8 Å². The number of piperazine rings is 1. The Balaban J connectivity index is 1.18. The highest BCUT2D eigenvalue weighted by Gasteiger charge is 2.50. The maximum atomic E-state index is 12.6. The molecule has 3 fully saturated rings. The fourth-order valence-corrected chi connectivity index (χ4v) is 6.99. The van der Waals surface area contributed by atoms with Gasteiger partial charge in [0.15, 0.2) is 0 Å². The van der Waals surface area contributed by atoms with Gasteiger partial charge in [0.05, 0.1) is 18.8 Å². The molecule has 0 N–H and O–H groups in total. The molecule has 228 valence electrons. The number of anilines is 2. The highest BCUT2D eigenvalue weighted by Crippen LogP contribution is 2.43. The highest BCUT2D eigenvalue weighted by atomic mass is 16.5. The van der Waals surface area contributed by atoms with Gasteiger partial charge in [-0.25, -0.2) is 6.57 Å². The number of morpholine rings is 1. The fourth-order valence-electron chi connectivity index (χ4n) is 6.99. The number of ether oxygens (including phenoxy) is 2. The number of likely N-dealkylation sites (N-methyl/N-ethyl adjacent to an activating group) is 1. The number of fused-ring (bicyclic) bond motifs is 2. The second kappa shape index (κ2) is 11.7. The SMILES string of the molecule is [C-]#[N+]CC1CN(c2nc(OC[C@H]3CN(C)C4(CC4)CO3)nc3c2CCN(c2cccc4ccccc24)C3)CCN1C(=O)C=C. The van der Waals surface area contributed by atoms with Gasteiger partial charge < -0.3 is 29.0 Å².